The first-order chi connectivity index (χ1) is 10.2. The molecule has 0 aliphatic heterocycles. The summed E-state index contributed by atoms with van der Waals surface area (Å²) in [6.07, 6.45) is 3.98. The molecule has 2 N–H and O–H groups in total. The fourth-order valence-corrected chi connectivity index (χ4v) is 4.21. The van der Waals surface area contributed by atoms with Gasteiger partial charge in [-0.1, -0.05) is 42.6 Å². The second-order valence-electron chi connectivity index (χ2n) is 4.57. The van der Waals surface area contributed by atoms with E-state index < -0.39 is 0 Å². The summed E-state index contributed by atoms with van der Waals surface area (Å²) in [4.78, 5) is 5.43. The number of nitrogens with one attached hydrogen (secondary N) is 2. The maximum atomic E-state index is 6.33. The van der Waals surface area contributed by atoms with Crippen LogP contribution in [-0.2, 0) is 6.42 Å². The molecule has 1 aromatic carbocycles. The predicted octanol–water partition coefficient (Wildman–Crippen LogP) is 6.00. The van der Waals surface area contributed by atoms with Gasteiger partial charge in [0.2, 0.25) is 0 Å². The van der Waals surface area contributed by atoms with Crippen LogP contribution in [0.3, 0.4) is 0 Å². The average molecular weight is 358 g/mol. The Bertz CT molecular complexity index is 767. The molecule has 3 aromatic rings. The van der Waals surface area contributed by atoms with Crippen molar-refractivity contribution in [3.63, 3.8) is 0 Å². The number of aryl methyl sites for hydroxylation is 1. The predicted molar refractivity (Wildman–Crippen MR) is 93.9 cm³/mol. The Balaban J connectivity index is 1.77. The average Bonchev–Trinajstić information content (AvgIpc) is 3.02. The minimum Gasteiger partial charge on any atom is -0.360 e. The van der Waals surface area contributed by atoms with Crippen molar-refractivity contribution in [2.75, 3.05) is 4.72 Å². The summed E-state index contributed by atoms with van der Waals surface area (Å²) < 4.78 is 7.61. The Morgan fingerprint density at radius 1 is 1.38 bits per heavy atom. The quantitative estimate of drug-likeness (QED) is 0.549. The van der Waals surface area contributed by atoms with Gasteiger partial charge in [-0.15, -0.1) is 0 Å². The standard InChI is InChI=1S/C14H13Cl2N3S2/c1-2-3-11-13(16)14(18-20-11)19-21-12-7-17-10-6-8(15)4-5-9(10)12/h4-7,17H,2-3H2,1H3,(H,18,19). The lowest BCUT2D eigenvalue weighted by atomic mass is 10.2. The highest BCUT2D eigenvalue weighted by Crippen LogP contribution is 2.35. The summed E-state index contributed by atoms with van der Waals surface area (Å²) in [6.45, 7) is 2.13. The second-order valence-corrected chi connectivity index (χ2v) is 7.09. The molecular weight excluding hydrogens is 345 g/mol. The Morgan fingerprint density at radius 3 is 3.05 bits per heavy atom. The molecule has 0 radical (unpaired) electrons. The van der Waals surface area contributed by atoms with Gasteiger partial charge in [-0.05, 0) is 42.0 Å². The molecule has 0 spiro atoms. The molecule has 0 amide bonds. The lowest BCUT2D eigenvalue weighted by Gasteiger charge is -2.02. The third kappa shape index (κ3) is 3.16. The lowest BCUT2D eigenvalue weighted by molar-refractivity contribution is 0.940. The normalized spacial score (nSPS) is 11.2. The summed E-state index contributed by atoms with van der Waals surface area (Å²) in [6, 6.07) is 5.80. The van der Waals surface area contributed by atoms with Gasteiger partial charge < -0.3 is 9.71 Å². The van der Waals surface area contributed by atoms with E-state index in [9.17, 15) is 0 Å². The zero-order valence-electron chi connectivity index (χ0n) is 11.2. The van der Waals surface area contributed by atoms with Crippen molar-refractivity contribution in [2.45, 2.75) is 24.7 Å². The van der Waals surface area contributed by atoms with Gasteiger partial charge in [-0.25, -0.2) is 0 Å². The summed E-state index contributed by atoms with van der Waals surface area (Å²) in [5.74, 6) is 0.735. The molecule has 110 valence electrons. The molecule has 0 saturated heterocycles. The zero-order chi connectivity index (χ0) is 14.8. The molecule has 3 nitrogen and oxygen atoms in total. The van der Waals surface area contributed by atoms with Crippen LogP contribution >= 0.6 is 46.7 Å². The number of hydrogen-bond acceptors (Lipinski definition) is 4. The first kappa shape index (κ1) is 15.0. The van der Waals surface area contributed by atoms with Crippen molar-refractivity contribution in [3.8, 4) is 0 Å². The topological polar surface area (TPSA) is 40.7 Å². The molecule has 2 heterocycles. The smallest absolute Gasteiger partial charge is 0.168 e. The fourth-order valence-electron chi connectivity index (χ4n) is 2.02. The van der Waals surface area contributed by atoms with Gasteiger partial charge in [0.25, 0.3) is 0 Å². The van der Waals surface area contributed by atoms with Crippen molar-refractivity contribution in [3.05, 3.63) is 39.3 Å². The minimum absolute atomic E-state index is 0.723. The molecule has 0 unspecified atom stereocenters. The van der Waals surface area contributed by atoms with Crippen molar-refractivity contribution < 1.29 is 0 Å². The monoisotopic (exact) mass is 357 g/mol. The molecule has 21 heavy (non-hydrogen) atoms. The molecule has 3 rings (SSSR count). The molecular formula is C14H13Cl2N3S2. The van der Waals surface area contributed by atoms with Crippen LogP contribution in [0, 0.1) is 0 Å². The van der Waals surface area contributed by atoms with Gasteiger partial charge in [0.15, 0.2) is 5.82 Å². The summed E-state index contributed by atoms with van der Waals surface area (Å²) in [5, 5.41) is 2.58. The Labute approximate surface area is 141 Å². The van der Waals surface area contributed by atoms with Gasteiger partial charge in [0.05, 0.1) is 9.92 Å². The Kier molecular flexibility index (Phi) is 4.64. The van der Waals surface area contributed by atoms with Crippen LogP contribution in [0.25, 0.3) is 10.9 Å². The van der Waals surface area contributed by atoms with Gasteiger partial charge in [0, 0.05) is 27.0 Å². The molecule has 0 atom stereocenters. The number of aromatic amines is 1. The number of nitrogens with zero attached hydrogens (tertiary/aromatic N) is 1. The maximum absolute atomic E-state index is 6.33. The minimum atomic E-state index is 0.723. The van der Waals surface area contributed by atoms with E-state index >= 15 is 0 Å². The number of H-pyrrole nitrogens is 1. The van der Waals surface area contributed by atoms with E-state index in [2.05, 4.69) is 21.0 Å². The number of halogens is 2. The van der Waals surface area contributed by atoms with Crippen molar-refractivity contribution in [1.82, 2.24) is 9.36 Å². The molecule has 2 aromatic heterocycles. The van der Waals surface area contributed by atoms with Gasteiger partial charge in [0.1, 0.15) is 0 Å². The second kappa shape index (κ2) is 6.48. The third-order valence-corrected chi connectivity index (χ3v) is 5.55. The maximum Gasteiger partial charge on any atom is 0.168 e. The van der Waals surface area contributed by atoms with Crippen LogP contribution in [0.5, 0.6) is 0 Å². The molecule has 0 aliphatic carbocycles. The summed E-state index contributed by atoms with van der Waals surface area (Å²) >= 11 is 15.3. The molecule has 0 bridgehead atoms. The summed E-state index contributed by atoms with van der Waals surface area (Å²) in [7, 11) is 0. The highest BCUT2D eigenvalue weighted by molar-refractivity contribution is 8.00. The Morgan fingerprint density at radius 2 is 2.24 bits per heavy atom. The van der Waals surface area contributed by atoms with E-state index in [1.54, 1.807) is 0 Å². The zero-order valence-corrected chi connectivity index (χ0v) is 14.4. The largest absolute Gasteiger partial charge is 0.360 e. The van der Waals surface area contributed by atoms with Crippen LogP contribution < -0.4 is 4.72 Å². The fraction of sp³-hybridized carbons (Fsp3) is 0.214. The first-order valence-corrected chi connectivity index (χ1v) is 8.87. The Hall–Kier alpha value is -0.880. The molecule has 7 heteroatoms. The van der Waals surface area contributed by atoms with Crippen LogP contribution in [0.15, 0.2) is 29.3 Å². The van der Waals surface area contributed by atoms with E-state index in [4.69, 9.17) is 23.2 Å². The van der Waals surface area contributed by atoms with Crippen LogP contribution in [0.2, 0.25) is 10.0 Å². The molecule has 0 aliphatic rings. The van der Waals surface area contributed by atoms with Crippen LogP contribution in [-0.4, -0.2) is 9.36 Å². The molecule has 0 saturated carbocycles. The van der Waals surface area contributed by atoms with Gasteiger partial charge in [-0.2, -0.15) is 4.37 Å². The van der Waals surface area contributed by atoms with E-state index in [0.29, 0.717) is 0 Å². The highest BCUT2D eigenvalue weighted by Gasteiger charge is 2.12. The number of benzene rings is 1. The summed E-state index contributed by atoms with van der Waals surface area (Å²) in [5.41, 5.74) is 1.02. The van der Waals surface area contributed by atoms with E-state index in [0.717, 1.165) is 49.4 Å². The number of anilines is 1. The van der Waals surface area contributed by atoms with Gasteiger partial charge >= 0.3 is 0 Å². The van der Waals surface area contributed by atoms with E-state index in [1.807, 2.05) is 24.4 Å². The van der Waals surface area contributed by atoms with Crippen molar-refractivity contribution in [2.24, 2.45) is 0 Å². The van der Waals surface area contributed by atoms with E-state index in [1.165, 1.54) is 23.5 Å². The van der Waals surface area contributed by atoms with E-state index in [-0.39, 0.29) is 0 Å². The number of hydrogen-bond donors (Lipinski definition) is 2. The van der Waals surface area contributed by atoms with Crippen molar-refractivity contribution in [1.29, 1.82) is 0 Å². The number of fused-ring (bicyclic) bond motifs is 1. The van der Waals surface area contributed by atoms with Crippen LogP contribution in [0.4, 0.5) is 5.82 Å². The number of rotatable bonds is 5. The lowest BCUT2D eigenvalue weighted by Crippen LogP contribution is -1.87. The van der Waals surface area contributed by atoms with Gasteiger partial charge in [-0.3, -0.25) is 0 Å². The third-order valence-electron chi connectivity index (χ3n) is 3.04. The SMILES string of the molecule is CCCc1snc(NSc2c[nH]c3cc(Cl)ccc23)c1Cl. The van der Waals surface area contributed by atoms with Crippen LogP contribution in [0.1, 0.15) is 18.2 Å². The number of aromatic nitrogens is 2. The first-order valence-electron chi connectivity index (χ1n) is 6.52. The molecule has 0 fully saturated rings. The van der Waals surface area contributed by atoms with Crippen molar-refractivity contribution >= 4 is 63.4 Å². The highest BCUT2D eigenvalue weighted by atomic mass is 35.5.